The Morgan fingerprint density at radius 3 is 2.58 bits per heavy atom. The monoisotopic (exact) mass is 360 g/mol. The highest BCUT2D eigenvalue weighted by molar-refractivity contribution is 5.84. The van der Waals surface area contributed by atoms with Gasteiger partial charge in [0.25, 0.3) is 0 Å². The van der Waals surface area contributed by atoms with E-state index >= 15 is 0 Å². The number of ether oxygens (including phenoxy) is 1. The molecule has 134 valence electrons. The van der Waals surface area contributed by atoms with Crippen molar-refractivity contribution in [2.24, 2.45) is 0 Å². The van der Waals surface area contributed by atoms with E-state index in [2.05, 4.69) is 15.0 Å². The zero-order valence-electron chi connectivity index (χ0n) is 14.1. The van der Waals surface area contributed by atoms with Crippen LogP contribution in [0.15, 0.2) is 24.3 Å². The Balaban J connectivity index is 2.18. The molecule has 5 nitrogen and oxygen atoms in total. The number of hydrogen-bond donors (Lipinski definition) is 1. The summed E-state index contributed by atoms with van der Waals surface area (Å²) >= 11 is 0. The number of fused-ring (bicyclic) bond motifs is 1. The topological polar surface area (TPSA) is 74.6 Å². The van der Waals surface area contributed by atoms with E-state index in [1.807, 2.05) is 13.0 Å². The van der Waals surface area contributed by atoms with Crippen LogP contribution in [0.3, 0.4) is 0 Å². The van der Waals surface area contributed by atoms with Crippen molar-refractivity contribution in [1.82, 2.24) is 15.0 Å². The molecule has 1 aromatic carbocycles. The predicted octanol–water partition coefficient (Wildman–Crippen LogP) is 4.48. The van der Waals surface area contributed by atoms with E-state index in [-0.39, 0.29) is 29.3 Å². The third-order valence-electron chi connectivity index (χ3n) is 3.84. The molecular formula is C18H15F3N4O. The Kier molecular flexibility index (Phi) is 4.55. The van der Waals surface area contributed by atoms with Crippen molar-refractivity contribution in [3.63, 3.8) is 0 Å². The van der Waals surface area contributed by atoms with E-state index in [4.69, 9.17) is 4.74 Å². The number of halogens is 3. The zero-order chi connectivity index (χ0) is 18.9. The third-order valence-corrected chi connectivity index (χ3v) is 3.84. The van der Waals surface area contributed by atoms with Gasteiger partial charge in [0.15, 0.2) is 5.69 Å². The number of nitrogens with one attached hydrogen (secondary N) is 1. The second-order valence-corrected chi connectivity index (χ2v) is 5.54. The van der Waals surface area contributed by atoms with Gasteiger partial charge in [-0.05, 0) is 31.2 Å². The molecule has 8 heteroatoms. The van der Waals surface area contributed by atoms with E-state index in [9.17, 15) is 18.4 Å². The molecule has 0 radical (unpaired) electrons. The average Bonchev–Trinajstić information content (AvgIpc) is 3.03. The number of nitriles is 1. The van der Waals surface area contributed by atoms with Crippen molar-refractivity contribution < 1.29 is 17.9 Å². The maximum absolute atomic E-state index is 13.3. The minimum absolute atomic E-state index is 0.0656. The summed E-state index contributed by atoms with van der Waals surface area (Å²) in [5, 5.41) is 9.32. The molecule has 0 aliphatic heterocycles. The molecule has 0 unspecified atom stereocenters. The number of alkyl halides is 3. The summed E-state index contributed by atoms with van der Waals surface area (Å²) in [6.45, 7) is 3.64. The van der Waals surface area contributed by atoms with Crippen molar-refractivity contribution in [2.75, 3.05) is 6.61 Å². The highest BCUT2D eigenvalue weighted by atomic mass is 19.4. The number of H-pyrrole nitrogens is 1. The molecule has 0 atom stereocenters. The van der Waals surface area contributed by atoms with Crippen LogP contribution in [0.5, 0.6) is 5.75 Å². The molecule has 3 aromatic rings. The summed E-state index contributed by atoms with van der Waals surface area (Å²) in [5.74, 6) is 0.443. The number of pyridine rings is 1. The third kappa shape index (κ3) is 3.20. The Morgan fingerprint density at radius 1 is 1.19 bits per heavy atom. The molecule has 0 aliphatic rings. The maximum atomic E-state index is 13.3. The quantitative estimate of drug-likeness (QED) is 0.745. The fourth-order valence-electron chi connectivity index (χ4n) is 2.65. The van der Waals surface area contributed by atoms with Crippen molar-refractivity contribution in [1.29, 1.82) is 5.26 Å². The summed E-state index contributed by atoms with van der Waals surface area (Å²) in [6.07, 6.45) is -3.93. The smallest absolute Gasteiger partial charge is 0.419 e. The zero-order valence-corrected chi connectivity index (χ0v) is 14.1. The van der Waals surface area contributed by atoms with Crippen LogP contribution in [0.1, 0.15) is 30.9 Å². The second kappa shape index (κ2) is 6.67. The molecule has 2 aromatic heterocycles. The van der Waals surface area contributed by atoms with Gasteiger partial charge >= 0.3 is 6.18 Å². The first-order valence-electron chi connectivity index (χ1n) is 8.01. The number of imidazole rings is 1. The van der Waals surface area contributed by atoms with Crippen LogP contribution in [0.2, 0.25) is 0 Å². The summed E-state index contributed by atoms with van der Waals surface area (Å²) in [5.41, 5.74) is 0.661. The van der Waals surface area contributed by atoms with E-state index in [1.54, 1.807) is 13.0 Å². The fraction of sp³-hybridized carbons (Fsp3) is 0.278. The molecule has 0 saturated carbocycles. The number of aromatic nitrogens is 3. The molecule has 0 amide bonds. The normalized spacial score (nSPS) is 11.5. The van der Waals surface area contributed by atoms with Crippen LogP contribution in [0, 0.1) is 11.3 Å². The van der Waals surface area contributed by atoms with Crippen LogP contribution in [0.25, 0.3) is 22.3 Å². The van der Waals surface area contributed by atoms with Gasteiger partial charge in [-0.25, -0.2) is 9.97 Å². The maximum Gasteiger partial charge on any atom is 0.419 e. The first-order valence-corrected chi connectivity index (χ1v) is 8.01. The first kappa shape index (κ1) is 17.7. The number of hydrogen-bond acceptors (Lipinski definition) is 4. The number of aromatic amines is 1. The van der Waals surface area contributed by atoms with Crippen LogP contribution < -0.4 is 4.74 Å². The fourth-order valence-corrected chi connectivity index (χ4v) is 2.65. The molecule has 0 spiro atoms. The largest absolute Gasteiger partial charge is 0.493 e. The van der Waals surface area contributed by atoms with Gasteiger partial charge in [-0.1, -0.05) is 6.92 Å². The van der Waals surface area contributed by atoms with Crippen molar-refractivity contribution in [2.45, 2.75) is 26.4 Å². The van der Waals surface area contributed by atoms with Crippen LogP contribution in [0.4, 0.5) is 13.2 Å². The summed E-state index contributed by atoms with van der Waals surface area (Å²) < 4.78 is 45.1. The van der Waals surface area contributed by atoms with Gasteiger partial charge in [0.1, 0.15) is 23.2 Å². The van der Waals surface area contributed by atoms with Gasteiger partial charge in [-0.2, -0.15) is 18.4 Å². The standard InChI is InChI=1S/C18H15F3N4O/c1-3-16-24-13-8-12(23-14(9-22)17(13)25-16)10-5-6-15(26-4-2)11(7-10)18(19,20)21/h5-8H,3-4H2,1-2H3,(H,24,25). The van der Waals surface area contributed by atoms with Gasteiger partial charge in [0.05, 0.1) is 23.4 Å². The van der Waals surface area contributed by atoms with Crippen molar-refractivity contribution in [3.05, 3.63) is 41.3 Å². The molecule has 3 rings (SSSR count). The Morgan fingerprint density at radius 2 is 1.96 bits per heavy atom. The van der Waals surface area contributed by atoms with Gasteiger partial charge in [0, 0.05) is 12.0 Å². The number of benzene rings is 1. The molecular weight excluding hydrogens is 345 g/mol. The minimum Gasteiger partial charge on any atom is -0.493 e. The van der Waals surface area contributed by atoms with Gasteiger partial charge < -0.3 is 9.72 Å². The average molecular weight is 360 g/mol. The molecule has 26 heavy (non-hydrogen) atoms. The SMILES string of the molecule is CCOc1ccc(-c2cc3[nH]c(CC)nc3c(C#N)n2)cc1C(F)(F)F. The minimum atomic E-state index is -4.56. The number of nitrogens with zero attached hydrogens (tertiary/aromatic N) is 3. The summed E-state index contributed by atoms with van der Waals surface area (Å²) in [6, 6.07) is 7.29. The Bertz CT molecular complexity index is 1000. The lowest BCUT2D eigenvalue weighted by molar-refractivity contribution is -0.138. The van der Waals surface area contributed by atoms with E-state index in [0.717, 1.165) is 6.07 Å². The molecule has 2 heterocycles. The predicted molar refractivity (Wildman–Crippen MR) is 89.6 cm³/mol. The highest BCUT2D eigenvalue weighted by Crippen LogP contribution is 2.39. The van der Waals surface area contributed by atoms with Crippen molar-refractivity contribution in [3.8, 4) is 23.1 Å². The Hall–Kier alpha value is -3.08. The van der Waals surface area contributed by atoms with Crippen LogP contribution in [-0.4, -0.2) is 21.6 Å². The van der Waals surface area contributed by atoms with Crippen LogP contribution in [-0.2, 0) is 12.6 Å². The molecule has 1 N–H and O–H groups in total. The second-order valence-electron chi connectivity index (χ2n) is 5.54. The van der Waals surface area contributed by atoms with Crippen LogP contribution >= 0.6 is 0 Å². The van der Waals surface area contributed by atoms with E-state index in [0.29, 0.717) is 23.3 Å². The number of rotatable bonds is 4. The lowest BCUT2D eigenvalue weighted by Crippen LogP contribution is -2.09. The van der Waals surface area contributed by atoms with E-state index < -0.39 is 11.7 Å². The van der Waals surface area contributed by atoms with E-state index in [1.165, 1.54) is 12.1 Å². The summed E-state index contributed by atoms with van der Waals surface area (Å²) in [4.78, 5) is 11.5. The van der Waals surface area contributed by atoms with Gasteiger partial charge in [-0.3, -0.25) is 0 Å². The highest BCUT2D eigenvalue weighted by Gasteiger charge is 2.35. The lowest BCUT2D eigenvalue weighted by Gasteiger charge is -2.14. The molecule has 0 aliphatic carbocycles. The lowest BCUT2D eigenvalue weighted by atomic mass is 10.1. The first-order chi connectivity index (χ1) is 12.4. The van der Waals surface area contributed by atoms with Gasteiger partial charge in [0.2, 0.25) is 0 Å². The Labute approximate surface area is 147 Å². The number of aryl methyl sites for hydroxylation is 1. The van der Waals surface area contributed by atoms with Gasteiger partial charge in [-0.15, -0.1) is 0 Å². The molecule has 0 fully saturated rings. The summed E-state index contributed by atoms with van der Waals surface area (Å²) in [7, 11) is 0. The van der Waals surface area contributed by atoms with Crippen molar-refractivity contribution >= 4 is 11.0 Å². The molecule has 0 saturated heterocycles. The molecule has 0 bridgehead atoms.